The molecule has 0 N–H and O–H groups in total. The summed E-state index contributed by atoms with van der Waals surface area (Å²) in [6.07, 6.45) is 12.8. The molecule has 0 spiro atoms. The fraction of sp³-hybridized carbons (Fsp3) is 0.825. The van der Waals surface area contributed by atoms with Crippen molar-refractivity contribution in [3.05, 3.63) is 35.4 Å². The average molecular weight is 639 g/mol. The van der Waals surface area contributed by atoms with Crippen molar-refractivity contribution < 1.29 is 22.7 Å². The van der Waals surface area contributed by atoms with Crippen LogP contribution in [-0.4, -0.2) is 25.2 Å². The predicted molar refractivity (Wildman–Crippen MR) is 186 cm³/mol. The lowest BCUT2D eigenvalue weighted by molar-refractivity contribution is -0.128. The highest BCUT2D eigenvalue weighted by molar-refractivity contribution is 5.83. The molecule has 0 aliphatic heterocycles. The Morgan fingerprint density at radius 3 is 2.16 bits per heavy atom. The Morgan fingerprint density at radius 2 is 1.69 bits per heavy atom. The normalized spacial score (nSPS) is 27.2. The molecular weight excluding hydrogens is 569 g/mol. The Kier molecular flexibility index (Phi) is 19.2. The van der Waals surface area contributed by atoms with Gasteiger partial charge in [0, 0.05) is 12.5 Å². The van der Waals surface area contributed by atoms with Gasteiger partial charge in [-0.3, -0.25) is 4.79 Å². The second-order valence-corrected chi connectivity index (χ2v) is 15.2. The maximum absolute atomic E-state index is 11.9. The number of hydrogen-bond donors (Lipinski definition) is 0. The van der Waals surface area contributed by atoms with Crippen molar-refractivity contribution in [1.82, 2.24) is 0 Å². The van der Waals surface area contributed by atoms with Crippen LogP contribution in [0.1, 0.15) is 150 Å². The zero-order chi connectivity index (χ0) is 34.2. The van der Waals surface area contributed by atoms with E-state index in [0.717, 1.165) is 41.1 Å². The number of hydrogen-bond acceptors (Lipinski definition) is 2. The van der Waals surface area contributed by atoms with Crippen LogP contribution in [0.25, 0.3) is 0 Å². The van der Waals surface area contributed by atoms with E-state index in [1.54, 1.807) is 25.1 Å². The molecular formula is C40H69F3O2. The minimum absolute atomic E-state index is 0.120. The van der Waals surface area contributed by atoms with Gasteiger partial charge in [-0.2, -0.15) is 13.2 Å². The molecule has 45 heavy (non-hydrogen) atoms. The number of Topliss-reactive ketones (excluding diaryl/α,β-unsaturated/α-hetero) is 1. The van der Waals surface area contributed by atoms with Crippen LogP contribution < -0.4 is 0 Å². The molecule has 0 aromatic heterocycles. The van der Waals surface area contributed by atoms with Gasteiger partial charge in [0.2, 0.25) is 0 Å². The Labute approximate surface area is 276 Å². The summed E-state index contributed by atoms with van der Waals surface area (Å²) in [6.45, 7) is 19.8. The fourth-order valence-electron chi connectivity index (χ4n) is 7.94. The molecule has 0 amide bonds. The van der Waals surface area contributed by atoms with Crippen molar-refractivity contribution in [2.24, 2.45) is 40.9 Å². The molecule has 7 atom stereocenters. The van der Waals surface area contributed by atoms with Crippen LogP contribution in [0.2, 0.25) is 0 Å². The summed E-state index contributed by atoms with van der Waals surface area (Å²) in [6, 6.07) is 6.45. The van der Waals surface area contributed by atoms with E-state index >= 15 is 0 Å². The van der Waals surface area contributed by atoms with Crippen LogP contribution >= 0.6 is 0 Å². The Balaban J connectivity index is 0.000000305. The van der Waals surface area contributed by atoms with Crippen molar-refractivity contribution in [3.8, 4) is 0 Å². The second kappa shape index (κ2) is 20.8. The summed E-state index contributed by atoms with van der Waals surface area (Å²) in [5, 5.41) is 0. The molecule has 1 aromatic carbocycles. The highest BCUT2D eigenvalue weighted by Gasteiger charge is 2.53. The van der Waals surface area contributed by atoms with Crippen molar-refractivity contribution in [2.75, 3.05) is 7.11 Å². The molecule has 0 heterocycles. The van der Waals surface area contributed by atoms with Crippen LogP contribution in [0, 0.1) is 47.8 Å². The van der Waals surface area contributed by atoms with E-state index < -0.39 is 12.6 Å². The SMILES string of the molecule is CC(=O)C12CCCC1CC(C(C)C)C2.CCCC(C)CC(C)CC.COC1CCCCC1C.Cc1cccc(CC(F)(F)F)c1. The highest BCUT2D eigenvalue weighted by Crippen LogP contribution is 2.58. The minimum Gasteiger partial charge on any atom is -0.381 e. The Bertz CT molecular complexity index is 942. The molecule has 2 nitrogen and oxygen atoms in total. The average Bonchev–Trinajstić information content (AvgIpc) is 3.53. The number of benzene rings is 1. The van der Waals surface area contributed by atoms with Gasteiger partial charge in [0.1, 0.15) is 5.78 Å². The number of ether oxygens (including phenoxy) is 1. The lowest BCUT2D eigenvalue weighted by Gasteiger charge is -2.26. The van der Waals surface area contributed by atoms with E-state index in [1.807, 2.05) is 14.0 Å². The number of carbonyl (C=O) groups is 1. The van der Waals surface area contributed by atoms with Gasteiger partial charge in [-0.25, -0.2) is 0 Å². The third kappa shape index (κ3) is 15.4. The quantitative estimate of drug-likeness (QED) is 0.269. The molecule has 0 saturated heterocycles. The van der Waals surface area contributed by atoms with Gasteiger partial charge in [0.25, 0.3) is 0 Å². The van der Waals surface area contributed by atoms with E-state index in [-0.39, 0.29) is 5.41 Å². The maximum Gasteiger partial charge on any atom is 0.393 e. The first-order valence-corrected chi connectivity index (χ1v) is 18.2. The molecule has 4 rings (SSSR count). The number of rotatable bonds is 9. The van der Waals surface area contributed by atoms with Crippen molar-refractivity contribution in [2.45, 2.75) is 164 Å². The molecule has 262 valence electrons. The zero-order valence-corrected chi connectivity index (χ0v) is 30.7. The lowest BCUT2D eigenvalue weighted by Crippen LogP contribution is -2.28. The van der Waals surface area contributed by atoms with Crippen LogP contribution in [0.15, 0.2) is 24.3 Å². The summed E-state index contributed by atoms with van der Waals surface area (Å²) >= 11 is 0. The lowest BCUT2D eigenvalue weighted by atomic mass is 9.76. The number of halogens is 3. The van der Waals surface area contributed by atoms with E-state index in [1.165, 1.54) is 89.5 Å². The van der Waals surface area contributed by atoms with Crippen LogP contribution in [-0.2, 0) is 16.0 Å². The standard InChI is InChI=1S/C13H22O.C10H22.C9H9F3.C8H16O/c1-9(2)11-7-12-5-4-6-13(12,8-11)10(3)14;1-5-7-10(4)8-9(3)6-2;1-7-3-2-4-8(5-7)6-9(10,11)12;1-7-5-3-4-6-8(7)9-2/h9,11-12H,4-8H2,1-3H3;9-10H,5-8H2,1-4H3;2-5H,6H2,1H3;7-8H,3-6H2,1-2H3. The summed E-state index contributed by atoms with van der Waals surface area (Å²) in [4.78, 5) is 11.8. The molecule has 3 aliphatic carbocycles. The van der Waals surface area contributed by atoms with Gasteiger partial charge in [0.05, 0.1) is 12.5 Å². The summed E-state index contributed by atoms with van der Waals surface area (Å²) < 4.78 is 40.9. The second-order valence-electron chi connectivity index (χ2n) is 15.2. The van der Waals surface area contributed by atoms with Crippen molar-refractivity contribution >= 4 is 5.78 Å². The summed E-state index contributed by atoms with van der Waals surface area (Å²) in [5.74, 6) is 5.45. The van der Waals surface area contributed by atoms with E-state index in [2.05, 4.69) is 48.5 Å². The third-order valence-electron chi connectivity index (χ3n) is 10.9. The van der Waals surface area contributed by atoms with E-state index in [0.29, 0.717) is 17.5 Å². The van der Waals surface area contributed by atoms with Gasteiger partial charge in [-0.1, -0.05) is 117 Å². The van der Waals surface area contributed by atoms with Gasteiger partial charge in [-0.15, -0.1) is 0 Å². The molecule has 0 bridgehead atoms. The Hall–Kier alpha value is -1.36. The maximum atomic E-state index is 11.9. The fourth-order valence-corrected chi connectivity index (χ4v) is 7.94. The zero-order valence-electron chi connectivity index (χ0n) is 30.7. The third-order valence-corrected chi connectivity index (χ3v) is 10.9. The van der Waals surface area contributed by atoms with Gasteiger partial charge < -0.3 is 4.74 Å². The van der Waals surface area contributed by atoms with Crippen molar-refractivity contribution in [3.63, 3.8) is 0 Å². The molecule has 3 fully saturated rings. The molecule has 5 heteroatoms. The monoisotopic (exact) mass is 639 g/mol. The molecule has 0 radical (unpaired) electrons. The van der Waals surface area contributed by atoms with Crippen LogP contribution in [0.4, 0.5) is 13.2 Å². The first kappa shape index (κ1) is 41.7. The van der Waals surface area contributed by atoms with Crippen LogP contribution in [0.3, 0.4) is 0 Å². The molecule has 7 unspecified atom stereocenters. The number of methoxy groups -OCH3 is 1. The van der Waals surface area contributed by atoms with Gasteiger partial charge in [-0.05, 0) is 99.9 Å². The van der Waals surface area contributed by atoms with E-state index in [4.69, 9.17) is 4.74 Å². The smallest absolute Gasteiger partial charge is 0.381 e. The number of fused-ring (bicyclic) bond motifs is 1. The summed E-state index contributed by atoms with van der Waals surface area (Å²) in [7, 11) is 1.83. The highest BCUT2D eigenvalue weighted by atomic mass is 19.4. The van der Waals surface area contributed by atoms with Gasteiger partial charge >= 0.3 is 6.18 Å². The first-order valence-electron chi connectivity index (χ1n) is 18.2. The molecule has 3 aliphatic rings. The predicted octanol–water partition coefficient (Wildman–Crippen LogP) is 12.6. The number of ketones is 1. The van der Waals surface area contributed by atoms with Crippen molar-refractivity contribution in [1.29, 1.82) is 0 Å². The van der Waals surface area contributed by atoms with Gasteiger partial charge in [0.15, 0.2) is 0 Å². The number of alkyl halides is 3. The van der Waals surface area contributed by atoms with E-state index in [9.17, 15) is 18.0 Å². The minimum atomic E-state index is -4.10. The summed E-state index contributed by atoms with van der Waals surface area (Å²) in [5.41, 5.74) is 1.30. The Morgan fingerprint density at radius 1 is 1.02 bits per heavy atom. The topological polar surface area (TPSA) is 26.3 Å². The number of carbonyl (C=O) groups excluding carboxylic acids is 1. The largest absolute Gasteiger partial charge is 0.393 e. The van der Waals surface area contributed by atoms with Crippen LogP contribution in [0.5, 0.6) is 0 Å². The molecule has 3 saturated carbocycles. The molecule has 1 aromatic rings. The number of aryl methyl sites for hydroxylation is 1. The first-order chi connectivity index (χ1) is 21.1.